The fourth-order valence-electron chi connectivity index (χ4n) is 3.30. The first-order valence-electron chi connectivity index (χ1n) is 8.82. The Morgan fingerprint density at radius 2 is 1.59 bits per heavy atom. The van der Waals surface area contributed by atoms with E-state index >= 15 is 0 Å². The van der Waals surface area contributed by atoms with Gasteiger partial charge in [0, 0.05) is 0 Å². The fourth-order valence-corrected chi connectivity index (χ4v) is 4.13. The molecule has 2 aromatic heterocycles. The Balaban J connectivity index is 1.99. The molecule has 0 spiro atoms. The van der Waals surface area contributed by atoms with Crippen LogP contribution in [0.3, 0.4) is 0 Å². The zero-order valence-electron chi connectivity index (χ0n) is 15.5. The summed E-state index contributed by atoms with van der Waals surface area (Å²) in [5, 5.41) is 1.87. The van der Waals surface area contributed by atoms with Crippen molar-refractivity contribution >= 4 is 21.6 Å². The highest BCUT2D eigenvalue weighted by Gasteiger charge is 2.16. The van der Waals surface area contributed by atoms with Crippen LogP contribution >= 0.6 is 11.3 Å². The second kappa shape index (κ2) is 6.67. The molecular formula is C22H20N2O2S. The van der Waals surface area contributed by atoms with Gasteiger partial charge in [-0.2, -0.15) is 0 Å². The van der Waals surface area contributed by atoms with E-state index in [0.29, 0.717) is 22.4 Å². The van der Waals surface area contributed by atoms with Gasteiger partial charge >= 0.3 is 5.69 Å². The van der Waals surface area contributed by atoms with Gasteiger partial charge in [-0.1, -0.05) is 41.5 Å². The Morgan fingerprint density at radius 1 is 0.889 bits per heavy atom. The fraction of sp³-hybridized carbons (Fsp3) is 0.182. The van der Waals surface area contributed by atoms with E-state index in [1.54, 1.807) is 4.57 Å². The Labute approximate surface area is 161 Å². The molecule has 0 amide bonds. The molecular weight excluding hydrogens is 356 g/mol. The molecule has 0 saturated heterocycles. The largest absolute Gasteiger partial charge is 0.336 e. The molecule has 0 fully saturated rings. The van der Waals surface area contributed by atoms with E-state index in [-0.39, 0.29) is 11.2 Å². The lowest BCUT2D eigenvalue weighted by atomic mass is 10.1. The van der Waals surface area contributed by atoms with E-state index in [0.717, 1.165) is 22.3 Å². The molecule has 0 bridgehead atoms. The minimum Gasteiger partial charge on any atom is -0.288 e. The molecule has 0 saturated carbocycles. The Morgan fingerprint density at radius 3 is 2.33 bits per heavy atom. The molecule has 4 rings (SSSR count). The lowest BCUT2D eigenvalue weighted by Crippen LogP contribution is -2.38. The van der Waals surface area contributed by atoms with Crippen LogP contribution in [0.15, 0.2) is 63.5 Å². The molecule has 4 aromatic rings. The quantitative estimate of drug-likeness (QED) is 0.538. The minimum atomic E-state index is -0.310. The van der Waals surface area contributed by atoms with Crippen molar-refractivity contribution in [3.63, 3.8) is 0 Å². The van der Waals surface area contributed by atoms with Crippen molar-refractivity contribution < 1.29 is 0 Å². The highest BCUT2D eigenvalue weighted by Crippen LogP contribution is 2.19. The summed E-state index contributed by atoms with van der Waals surface area (Å²) in [5.74, 6) is 0. The van der Waals surface area contributed by atoms with Crippen LogP contribution in [0.4, 0.5) is 0 Å². The number of nitrogens with zero attached hydrogens (tertiary/aromatic N) is 2. The van der Waals surface area contributed by atoms with Crippen molar-refractivity contribution in [3.05, 3.63) is 97.0 Å². The minimum absolute atomic E-state index is 0.258. The highest BCUT2D eigenvalue weighted by molar-refractivity contribution is 7.17. The van der Waals surface area contributed by atoms with Gasteiger partial charge in [0.05, 0.1) is 17.7 Å². The molecule has 4 nitrogen and oxygen atoms in total. The van der Waals surface area contributed by atoms with Gasteiger partial charge in [-0.3, -0.25) is 9.36 Å². The molecule has 2 heterocycles. The monoisotopic (exact) mass is 376 g/mol. The predicted octanol–water partition coefficient (Wildman–Crippen LogP) is 4.19. The van der Waals surface area contributed by atoms with Gasteiger partial charge in [-0.15, -0.1) is 11.3 Å². The van der Waals surface area contributed by atoms with Crippen molar-refractivity contribution in [3.8, 4) is 5.69 Å². The van der Waals surface area contributed by atoms with E-state index in [9.17, 15) is 9.59 Å². The van der Waals surface area contributed by atoms with Crippen molar-refractivity contribution in [2.45, 2.75) is 27.3 Å². The number of thiophene rings is 1. The van der Waals surface area contributed by atoms with Crippen molar-refractivity contribution in [1.82, 2.24) is 9.13 Å². The van der Waals surface area contributed by atoms with Gasteiger partial charge in [-0.25, -0.2) is 9.36 Å². The maximum atomic E-state index is 13.3. The van der Waals surface area contributed by atoms with Crippen LogP contribution in [0.2, 0.25) is 0 Å². The van der Waals surface area contributed by atoms with Crippen LogP contribution in [0.5, 0.6) is 0 Å². The van der Waals surface area contributed by atoms with Crippen LogP contribution in [0, 0.1) is 20.8 Å². The standard InChI is InChI=1S/C22H20N2O2S/c1-14-5-8-18(9-6-14)24-21(25)20-19(10-11-27-20)23(22(24)26)13-17-12-15(2)4-7-16(17)3/h4-12H,13H2,1-3H3. The van der Waals surface area contributed by atoms with Gasteiger partial charge in [0.2, 0.25) is 0 Å². The smallest absolute Gasteiger partial charge is 0.288 e. The Kier molecular flexibility index (Phi) is 4.32. The molecule has 27 heavy (non-hydrogen) atoms. The summed E-state index contributed by atoms with van der Waals surface area (Å²) in [6.45, 7) is 6.50. The third-order valence-corrected chi connectivity index (χ3v) is 5.77. The Bertz CT molecular complexity index is 1260. The highest BCUT2D eigenvalue weighted by atomic mass is 32.1. The number of aromatic nitrogens is 2. The van der Waals surface area contributed by atoms with Gasteiger partial charge in [0.25, 0.3) is 5.56 Å². The van der Waals surface area contributed by atoms with E-state index < -0.39 is 0 Å². The van der Waals surface area contributed by atoms with E-state index in [1.165, 1.54) is 15.9 Å². The second-order valence-electron chi connectivity index (χ2n) is 6.91. The summed E-state index contributed by atoms with van der Waals surface area (Å²) in [6.07, 6.45) is 0. The average Bonchev–Trinajstić information content (AvgIpc) is 3.13. The second-order valence-corrected chi connectivity index (χ2v) is 7.83. The number of hydrogen-bond acceptors (Lipinski definition) is 3. The van der Waals surface area contributed by atoms with Crippen LogP contribution < -0.4 is 11.2 Å². The first-order chi connectivity index (χ1) is 13.0. The first-order valence-corrected chi connectivity index (χ1v) is 9.70. The Hall–Kier alpha value is -2.92. The van der Waals surface area contributed by atoms with E-state index in [4.69, 9.17) is 0 Å². The van der Waals surface area contributed by atoms with Crippen LogP contribution in [-0.2, 0) is 6.54 Å². The molecule has 0 radical (unpaired) electrons. The van der Waals surface area contributed by atoms with Crippen LogP contribution in [0.25, 0.3) is 15.9 Å². The van der Waals surface area contributed by atoms with Crippen molar-refractivity contribution in [2.24, 2.45) is 0 Å². The van der Waals surface area contributed by atoms with E-state index in [2.05, 4.69) is 18.2 Å². The zero-order chi connectivity index (χ0) is 19.1. The molecule has 136 valence electrons. The van der Waals surface area contributed by atoms with E-state index in [1.807, 2.05) is 56.5 Å². The normalized spacial score (nSPS) is 11.2. The lowest BCUT2D eigenvalue weighted by Gasteiger charge is -2.14. The van der Waals surface area contributed by atoms with Gasteiger partial charge in [0.1, 0.15) is 4.70 Å². The van der Waals surface area contributed by atoms with Gasteiger partial charge in [0.15, 0.2) is 0 Å². The van der Waals surface area contributed by atoms with Gasteiger partial charge < -0.3 is 0 Å². The predicted molar refractivity (Wildman–Crippen MR) is 111 cm³/mol. The average molecular weight is 376 g/mol. The molecule has 5 heteroatoms. The summed E-state index contributed by atoms with van der Waals surface area (Å²) in [6, 6.07) is 15.5. The molecule has 0 atom stereocenters. The molecule has 2 aromatic carbocycles. The SMILES string of the molecule is Cc1ccc(-n2c(=O)c3sccc3n(Cc3cc(C)ccc3C)c2=O)cc1. The molecule has 0 aliphatic heterocycles. The number of benzene rings is 2. The number of hydrogen-bond donors (Lipinski definition) is 0. The number of aryl methyl sites for hydroxylation is 3. The third-order valence-electron chi connectivity index (χ3n) is 4.88. The molecule has 0 N–H and O–H groups in total. The molecule has 0 aliphatic rings. The van der Waals surface area contributed by atoms with Crippen molar-refractivity contribution in [1.29, 1.82) is 0 Å². The number of fused-ring (bicyclic) bond motifs is 1. The van der Waals surface area contributed by atoms with Crippen molar-refractivity contribution in [2.75, 3.05) is 0 Å². The lowest BCUT2D eigenvalue weighted by molar-refractivity contribution is 0.713. The van der Waals surface area contributed by atoms with Gasteiger partial charge in [-0.05, 0) is 55.5 Å². The van der Waals surface area contributed by atoms with Crippen LogP contribution in [0.1, 0.15) is 22.3 Å². The van der Waals surface area contributed by atoms with Crippen LogP contribution in [-0.4, -0.2) is 9.13 Å². The topological polar surface area (TPSA) is 44.0 Å². The summed E-state index contributed by atoms with van der Waals surface area (Å²) in [5.41, 5.74) is 5.17. The first kappa shape index (κ1) is 17.5. The summed E-state index contributed by atoms with van der Waals surface area (Å²) < 4.78 is 3.58. The maximum absolute atomic E-state index is 13.3. The maximum Gasteiger partial charge on any atom is 0.336 e. The summed E-state index contributed by atoms with van der Waals surface area (Å²) in [4.78, 5) is 26.3. The molecule has 0 aliphatic carbocycles. The zero-order valence-corrected chi connectivity index (χ0v) is 16.3. The molecule has 0 unspecified atom stereocenters. The number of rotatable bonds is 3. The summed E-state index contributed by atoms with van der Waals surface area (Å²) in [7, 11) is 0. The third kappa shape index (κ3) is 3.04. The summed E-state index contributed by atoms with van der Waals surface area (Å²) >= 11 is 1.37.